The van der Waals surface area contributed by atoms with Crippen molar-refractivity contribution in [2.45, 2.75) is 33.4 Å². The third-order valence-corrected chi connectivity index (χ3v) is 8.52. The normalized spacial score (nSPS) is 14.7. The van der Waals surface area contributed by atoms with E-state index in [2.05, 4.69) is 0 Å². The van der Waals surface area contributed by atoms with Gasteiger partial charge in [0, 0.05) is 23.7 Å². The van der Waals surface area contributed by atoms with Gasteiger partial charge in [-0.15, -0.1) is 0 Å². The first kappa shape index (κ1) is 30.0. The number of halogens is 1. The lowest BCUT2D eigenvalue weighted by atomic mass is 9.94. The molecule has 10 heteroatoms. The van der Waals surface area contributed by atoms with Crippen molar-refractivity contribution in [1.82, 2.24) is 9.47 Å². The maximum atomic E-state index is 14.0. The van der Waals surface area contributed by atoms with Crippen LogP contribution in [0.1, 0.15) is 53.9 Å². The summed E-state index contributed by atoms with van der Waals surface area (Å²) in [6, 6.07) is 20.4. The van der Waals surface area contributed by atoms with Gasteiger partial charge < -0.3 is 14.7 Å². The summed E-state index contributed by atoms with van der Waals surface area (Å²) in [5.74, 6) is -0.577. The second-order valence-electron chi connectivity index (χ2n) is 9.94. The Morgan fingerprint density at radius 3 is 2.37 bits per heavy atom. The molecule has 0 spiro atoms. The number of aromatic nitrogens is 1. The number of thiazole rings is 1. The summed E-state index contributed by atoms with van der Waals surface area (Å²) in [7, 11) is 0. The number of carboxylic acids is 1. The van der Waals surface area contributed by atoms with Crippen molar-refractivity contribution in [2.24, 2.45) is 4.99 Å². The first-order valence-corrected chi connectivity index (χ1v) is 15.0. The number of carboxylic acid groups (broad SMARTS) is 1. The number of para-hydroxylation sites is 1. The fourth-order valence-corrected chi connectivity index (χ4v) is 6.18. The number of amides is 1. The van der Waals surface area contributed by atoms with Crippen LogP contribution in [-0.2, 0) is 11.4 Å². The van der Waals surface area contributed by atoms with Crippen molar-refractivity contribution >= 4 is 40.9 Å². The predicted molar refractivity (Wildman–Crippen MR) is 167 cm³/mol. The Labute approximate surface area is 257 Å². The van der Waals surface area contributed by atoms with Gasteiger partial charge in [0.2, 0.25) is 0 Å². The van der Waals surface area contributed by atoms with E-state index in [9.17, 15) is 14.4 Å². The van der Waals surface area contributed by atoms with Crippen LogP contribution in [0.15, 0.2) is 93.9 Å². The molecule has 0 saturated heterocycles. The molecule has 4 aromatic rings. The molecular weight excluding hydrogens is 586 g/mol. The highest BCUT2D eigenvalue weighted by Gasteiger charge is 2.34. The van der Waals surface area contributed by atoms with E-state index in [1.807, 2.05) is 57.2 Å². The van der Waals surface area contributed by atoms with Crippen LogP contribution in [0.25, 0.3) is 6.08 Å². The average molecular weight is 616 g/mol. The number of likely N-dealkylation sites (N-methyl/N-ethyl adjacent to an activating group) is 1. The third-order valence-electron chi connectivity index (χ3n) is 7.29. The molecule has 43 heavy (non-hydrogen) atoms. The number of ether oxygens (including phenoxy) is 1. The molecule has 0 saturated carbocycles. The van der Waals surface area contributed by atoms with Gasteiger partial charge in [0.15, 0.2) is 4.80 Å². The smallest absolute Gasteiger partial charge is 0.335 e. The number of carbonyl (C=O) groups is 2. The van der Waals surface area contributed by atoms with Gasteiger partial charge in [-0.25, -0.2) is 9.79 Å². The minimum absolute atomic E-state index is 0.157. The lowest BCUT2D eigenvalue weighted by molar-refractivity contribution is -0.127. The van der Waals surface area contributed by atoms with Crippen LogP contribution < -0.4 is 19.6 Å². The number of aromatic carboxylic acids is 1. The second-order valence-corrected chi connectivity index (χ2v) is 11.4. The topological polar surface area (TPSA) is 101 Å². The highest BCUT2D eigenvalue weighted by molar-refractivity contribution is 7.07. The molecule has 0 unspecified atom stereocenters. The monoisotopic (exact) mass is 615 g/mol. The molecule has 0 bridgehead atoms. The van der Waals surface area contributed by atoms with Crippen LogP contribution in [0.2, 0.25) is 5.02 Å². The number of nitrogens with zero attached hydrogens (tertiary/aromatic N) is 3. The molecule has 1 aliphatic heterocycles. The zero-order valence-electron chi connectivity index (χ0n) is 23.9. The van der Waals surface area contributed by atoms with Crippen LogP contribution in [-0.4, -0.2) is 39.5 Å². The first-order valence-electron chi connectivity index (χ1n) is 13.8. The molecule has 1 aliphatic rings. The van der Waals surface area contributed by atoms with Gasteiger partial charge >= 0.3 is 5.97 Å². The number of hydrogen-bond donors (Lipinski definition) is 1. The fourth-order valence-electron chi connectivity index (χ4n) is 5.01. The molecule has 5 rings (SSSR count). The summed E-state index contributed by atoms with van der Waals surface area (Å²) in [6.45, 7) is 6.94. The Morgan fingerprint density at radius 1 is 1.05 bits per heavy atom. The molecule has 1 N–H and O–H groups in total. The summed E-state index contributed by atoms with van der Waals surface area (Å²) in [5, 5.41) is 9.70. The standard InChI is InChI=1S/C33H30ClN3O5S/c1-4-36(5-2)31(39)28-20(3)35-33-37(29(28)22-14-16-25(34)17-15-22)30(38)27(43-33)18-24-8-6-7-9-26(24)42-19-21-10-12-23(13-11-21)32(40)41/h6-18,29H,4-5,19H2,1-3H3,(H,40,41)/b27-18+/t29-/m1/s1. The number of fused-ring (bicyclic) bond motifs is 1. The van der Waals surface area contributed by atoms with E-state index in [0.717, 1.165) is 11.1 Å². The van der Waals surface area contributed by atoms with Gasteiger partial charge in [-0.1, -0.05) is 65.4 Å². The second kappa shape index (κ2) is 12.8. The van der Waals surface area contributed by atoms with E-state index >= 15 is 0 Å². The van der Waals surface area contributed by atoms with E-state index in [-0.39, 0.29) is 23.6 Å². The van der Waals surface area contributed by atoms with Gasteiger partial charge in [-0.2, -0.15) is 0 Å². The summed E-state index contributed by atoms with van der Waals surface area (Å²) >= 11 is 7.44. The highest BCUT2D eigenvalue weighted by atomic mass is 35.5. The first-order chi connectivity index (χ1) is 20.7. The lowest BCUT2D eigenvalue weighted by Crippen LogP contribution is -2.43. The third kappa shape index (κ3) is 6.18. The molecule has 1 aromatic heterocycles. The Kier molecular flexibility index (Phi) is 8.94. The molecule has 1 amide bonds. The van der Waals surface area contributed by atoms with Gasteiger partial charge in [0.05, 0.1) is 27.4 Å². The summed E-state index contributed by atoms with van der Waals surface area (Å²) in [4.78, 5) is 45.9. The number of allylic oxidation sites excluding steroid dienone is 1. The lowest BCUT2D eigenvalue weighted by Gasteiger charge is -2.29. The molecule has 1 atom stereocenters. The number of hydrogen-bond acceptors (Lipinski definition) is 6. The summed E-state index contributed by atoms with van der Waals surface area (Å²) in [6.07, 6.45) is 1.77. The fraction of sp³-hybridized carbons (Fsp3) is 0.212. The Balaban J connectivity index is 1.56. The molecule has 2 heterocycles. The molecule has 220 valence electrons. The maximum Gasteiger partial charge on any atom is 0.335 e. The molecule has 8 nitrogen and oxygen atoms in total. The van der Waals surface area contributed by atoms with Crippen LogP contribution in [0.4, 0.5) is 0 Å². The van der Waals surface area contributed by atoms with Gasteiger partial charge in [0.25, 0.3) is 11.5 Å². The van der Waals surface area contributed by atoms with Crippen molar-refractivity contribution in [3.8, 4) is 5.75 Å². The zero-order valence-corrected chi connectivity index (χ0v) is 25.5. The van der Waals surface area contributed by atoms with E-state index in [1.54, 1.807) is 39.8 Å². The minimum atomic E-state index is -0.989. The summed E-state index contributed by atoms with van der Waals surface area (Å²) in [5.41, 5.74) is 3.24. The van der Waals surface area contributed by atoms with Crippen molar-refractivity contribution in [2.75, 3.05) is 13.1 Å². The number of benzene rings is 3. The molecule has 0 aliphatic carbocycles. The molecular formula is C33H30ClN3O5S. The van der Waals surface area contributed by atoms with Crippen LogP contribution in [0.5, 0.6) is 5.75 Å². The van der Waals surface area contributed by atoms with Crippen molar-refractivity contribution < 1.29 is 19.4 Å². The zero-order chi connectivity index (χ0) is 30.7. The largest absolute Gasteiger partial charge is 0.488 e. The van der Waals surface area contributed by atoms with Crippen LogP contribution >= 0.6 is 22.9 Å². The van der Waals surface area contributed by atoms with E-state index in [0.29, 0.717) is 50.0 Å². The minimum Gasteiger partial charge on any atom is -0.488 e. The SMILES string of the molecule is CCN(CC)C(=O)C1=C(C)N=c2s/c(=C/c3ccccc3OCc3ccc(C(=O)O)cc3)c(=O)n2[C@@H]1c1ccc(Cl)cc1. The highest BCUT2D eigenvalue weighted by Crippen LogP contribution is 2.32. The van der Waals surface area contributed by atoms with E-state index in [1.165, 1.54) is 23.5 Å². The van der Waals surface area contributed by atoms with Crippen LogP contribution in [0.3, 0.4) is 0 Å². The molecule has 3 aromatic carbocycles. The van der Waals surface area contributed by atoms with Crippen molar-refractivity contribution in [3.63, 3.8) is 0 Å². The number of rotatable bonds is 9. The van der Waals surface area contributed by atoms with Crippen molar-refractivity contribution in [1.29, 1.82) is 0 Å². The van der Waals surface area contributed by atoms with Gasteiger partial charge in [-0.05, 0) is 68.3 Å². The van der Waals surface area contributed by atoms with Crippen molar-refractivity contribution in [3.05, 3.63) is 131 Å². The van der Waals surface area contributed by atoms with Crippen LogP contribution in [0, 0.1) is 0 Å². The average Bonchev–Trinajstić information content (AvgIpc) is 3.31. The molecule has 0 fully saturated rings. The quantitative estimate of drug-likeness (QED) is 0.285. The molecule has 0 radical (unpaired) electrons. The Bertz CT molecular complexity index is 1890. The predicted octanol–water partition coefficient (Wildman–Crippen LogP) is 5.03. The van der Waals surface area contributed by atoms with E-state index in [4.69, 9.17) is 26.4 Å². The Hall–Kier alpha value is -4.47. The number of carbonyl (C=O) groups excluding carboxylic acids is 1. The maximum absolute atomic E-state index is 14.0. The van der Waals surface area contributed by atoms with E-state index < -0.39 is 12.0 Å². The van der Waals surface area contributed by atoms with Gasteiger partial charge in [-0.3, -0.25) is 14.2 Å². The summed E-state index contributed by atoms with van der Waals surface area (Å²) < 4.78 is 8.12. The Morgan fingerprint density at radius 2 is 1.72 bits per heavy atom. The van der Waals surface area contributed by atoms with Gasteiger partial charge in [0.1, 0.15) is 12.4 Å².